The lowest BCUT2D eigenvalue weighted by atomic mass is 10.1. The van der Waals surface area contributed by atoms with E-state index in [4.69, 9.17) is 5.26 Å². The van der Waals surface area contributed by atoms with Gasteiger partial charge in [-0.15, -0.1) is 0 Å². The van der Waals surface area contributed by atoms with Gasteiger partial charge in [0.15, 0.2) is 5.78 Å². The fourth-order valence-electron chi connectivity index (χ4n) is 3.95. The summed E-state index contributed by atoms with van der Waals surface area (Å²) in [5.41, 5.74) is -1.81. The van der Waals surface area contributed by atoms with Gasteiger partial charge in [-0.05, 0) is 63.2 Å². The van der Waals surface area contributed by atoms with Crippen molar-refractivity contribution >= 4 is 5.78 Å². The van der Waals surface area contributed by atoms with Crippen LogP contribution < -0.4 is 11.2 Å². The Morgan fingerprint density at radius 2 is 1.73 bits per heavy atom. The van der Waals surface area contributed by atoms with Gasteiger partial charge in [-0.3, -0.25) is 18.7 Å². The topological polar surface area (TPSA) is 103 Å². The van der Waals surface area contributed by atoms with E-state index >= 15 is 0 Å². The van der Waals surface area contributed by atoms with E-state index in [0.29, 0.717) is 11.3 Å². The number of carbonyl (C=O) groups is 1. The summed E-state index contributed by atoms with van der Waals surface area (Å²) in [6, 6.07) is 11.7. The van der Waals surface area contributed by atoms with Gasteiger partial charge in [0.1, 0.15) is 0 Å². The molecule has 0 saturated carbocycles. The number of rotatable bonds is 5. The number of carbonyl (C=O) groups excluding carboxylic acids is 1. The average Bonchev–Trinajstić information content (AvgIpc) is 3.29. The molecule has 188 valence electrons. The maximum absolute atomic E-state index is 13.6. The number of benzene rings is 2. The smallest absolute Gasteiger partial charge is 0.294 e. The predicted molar refractivity (Wildman–Crippen MR) is 129 cm³/mol. The first kappa shape index (κ1) is 25.4. The van der Waals surface area contributed by atoms with Gasteiger partial charge in [0, 0.05) is 12.2 Å². The summed E-state index contributed by atoms with van der Waals surface area (Å²) in [7, 11) is 0. The third-order valence-corrected chi connectivity index (χ3v) is 5.73. The van der Waals surface area contributed by atoms with E-state index in [9.17, 15) is 27.6 Å². The molecule has 2 aromatic carbocycles. The largest absolute Gasteiger partial charge is 0.416 e. The first-order chi connectivity index (χ1) is 17.4. The summed E-state index contributed by atoms with van der Waals surface area (Å²) in [5.74, 6) is -0.415. The third kappa shape index (κ3) is 4.61. The van der Waals surface area contributed by atoms with Gasteiger partial charge in [0.25, 0.3) is 5.56 Å². The normalized spacial score (nSPS) is 11.5. The minimum Gasteiger partial charge on any atom is -0.294 e. The van der Waals surface area contributed by atoms with Gasteiger partial charge >= 0.3 is 11.9 Å². The highest BCUT2D eigenvalue weighted by molar-refractivity contribution is 6.00. The zero-order valence-corrected chi connectivity index (χ0v) is 19.9. The van der Waals surface area contributed by atoms with Gasteiger partial charge in [0.2, 0.25) is 0 Å². The van der Waals surface area contributed by atoms with Crippen LogP contribution in [0.3, 0.4) is 0 Å². The molecule has 0 saturated heterocycles. The van der Waals surface area contributed by atoms with E-state index in [2.05, 4.69) is 5.10 Å². The Hall–Kier alpha value is -4.72. The molecule has 0 aliphatic carbocycles. The second-order valence-corrected chi connectivity index (χ2v) is 8.55. The second-order valence-electron chi connectivity index (χ2n) is 8.55. The maximum atomic E-state index is 13.6. The molecule has 2 aromatic heterocycles. The Labute approximate surface area is 208 Å². The second kappa shape index (κ2) is 9.39. The number of hydrogen-bond donors (Lipinski definition) is 0. The number of ketones is 1. The molecule has 0 amide bonds. The van der Waals surface area contributed by atoms with Gasteiger partial charge in [-0.25, -0.2) is 9.48 Å². The summed E-state index contributed by atoms with van der Waals surface area (Å²) in [5, 5.41) is 13.4. The maximum Gasteiger partial charge on any atom is 0.416 e. The van der Waals surface area contributed by atoms with Crippen molar-refractivity contribution in [2.45, 2.75) is 33.0 Å². The van der Waals surface area contributed by atoms with Crippen LogP contribution >= 0.6 is 0 Å². The van der Waals surface area contributed by atoms with Gasteiger partial charge in [-0.1, -0.05) is 6.07 Å². The van der Waals surface area contributed by atoms with Crippen molar-refractivity contribution in [3.05, 3.63) is 98.5 Å². The zero-order valence-electron chi connectivity index (χ0n) is 19.9. The van der Waals surface area contributed by atoms with E-state index < -0.39 is 34.8 Å². The van der Waals surface area contributed by atoms with Crippen LogP contribution in [0.2, 0.25) is 0 Å². The number of nitrogens with zero attached hydrogens (tertiary/aromatic N) is 5. The Bertz CT molecular complexity index is 1670. The molecule has 0 spiro atoms. The van der Waals surface area contributed by atoms with Crippen LogP contribution in [0.15, 0.2) is 70.5 Å². The number of nitriles is 1. The molecule has 0 bridgehead atoms. The van der Waals surface area contributed by atoms with Crippen molar-refractivity contribution in [1.82, 2.24) is 18.9 Å². The number of alkyl halides is 3. The highest BCUT2D eigenvalue weighted by Gasteiger charge is 2.31. The van der Waals surface area contributed by atoms with E-state index in [1.165, 1.54) is 36.0 Å². The molecule has 4 rings (SSSR count). The van der Waals surface area contributed by atoms with Crippen molar-refractivity contribution < 1.29 is 18.0 Å². The molecule has 0 atom stereocenters. The lowest BCUT2D eigenvalue weighted by Gasteiger charge is -2.17. The molecule has 0 fully saturated rings. The van der Waals surface area contributed by atoms with E-state index in [1.54, 1.807) is 26.0 Å². The fourth-order valence-corrected chi connectivity index (χ4v) is 3.95. The van der Waals surface area contributed by atoms with Crippen molar-refractivity contribution in [1.29, 1.82) is 5.26 Å². The Morgan fingerprint density at radius 3 is 2.30 bits per heavy atom. The summed E-state index contributed by atoms with van der Waals surface area (Å²) in [4.78, 5) is 39.3. The molecule has 0 aliphatic heterocycles. The monoisotopic (exact) mass is 507 g/mol. The minimum atomic E-state index is -4.65. The van der Waals surface area contributed by atoms with Crippen molar-refractivity contribution in [3.8, 4) is 28.7 Å². The number of halogens is 3. The third-order valence-electron chi connectivity index (χ3n) is 5.73. The van der Waals surface area contributed by atoms with Crippen LogP contribution in [0.4, 0.5) is 13.2 Å². The van der Waals surface area contributed by atoms with Crippen LogP contribution in [-0.2, 0) is 6.18 Å². The van der Waals surface area contributed by atoms with E-state index in [-0.39, 0.29) is 22.5 Å². The molecular formula is C26H20F3N5O3. The standard InChI is InChI=1S/C26H20F3N5O3/c1-15(2)33-24(36)22(14-32(25(33)37)20-6-4-5-18(11-20)26(27,28)29)23-21(16(3)35)13-31-34(23)19-9-7-17(12-30)8-10-19/h4-11,13-15H,1-3H3. The number of aromatic nitrogens is 4. The van der Waals surface area contributed by atoms with Crippen LogP contribution in [-0.4, -0.2) is 24.7 Å². The van der Waals surface area contributed by atoms with Gasteiger partial charge < -0.3 is 0 Å². The van der Waals surface area contributed by atoms with Crippen molar-refractivity contribution in [2.24, 2.45) is 0 Å². The lowest BCUT2D eigenvalue weighted by molar-refractivity contribution is -0.137. The first-order valence-corrected chi connectivity index (χ1v) is 11.1. The molecular weight excluding hydrogens is 487 g/mol. The highest BCUT2D eigenvalue weighted by atomic mass is 19.4. The van der Waals surface area contributed by atoms with Crippen LogP contribution in [0.5, 0.6) is 0 Å². The molecule has 2 heterocycles. The molecule has 11 heteroatoms. The van der Waals surface area contributed by atoms with Crippen LogP contribution in [0.1, 0.15) is 48.3 Å². The predicted octanol–water partition coefficient (Wildman–Crippen LogP) is 4.53. The van der Waals surface area contributed by atoms with Crippen LogP contribution in [0.25, 0.3) is 22.6 Å². The fraction of sp³-hybridized carbons (Fsp3) is 0.192. The summed E-state index contributed by atoms with van der Waals surface area (Å²) >= 11 is 0. The van der Waals surface area contributed by atoms with Gasteiger partial charge in [0.05, 0.1) is 51.6 Å². The molecule has 0 aliphatic rings. The molecule has 0 N–H and O–H groups in total. The lowest BCUT2D eigenvalue weighted by Crippen LogP contribution is -2.41. The number of Topliss-reactive ketones (excluding diaryl/α,β-unsaturated/α-hetero) is 1. The highest BCUT2D eigenvalue weighted by Crippen LogP contribution is 2.31. The first-order valence-electron chi connectivity index (χ1n) is 11.1. The Morgan fingerprint density at radius 1 is 1.05 bits per heavy atom. The summed E-state index contributed by atoms with van der Waals surface area (Å²) < 4.78 is 43.3. The molecule has 37 heavy (non-hydrogen) atoms. The molecule has 8 nitrogen and oxygen atoms in total. The Balaban J connectivity index is 2.08. The Kier molecular flexibility index (Phi) is 6.44. The molecule has 0 radical (unpaired) electrons. The van der Waals surface area contributed by atoms with Crippen molar-refractivity contribution in [2.75, 3.05) is 0 Å². The van der Waals surface area contributed by atoms with Crippen LogP contribution in [0, 0.1) is 11.3 Å². The van der Waals surface area contributed by atoms with E-state index in [0.717, 1.165) is 33.5 Å². The summed E-state index contributed by atoms with van der Waals surface area (Å²) in [6.07, 6.45) is -2.25. The van der Waals surface area contributed by atoms with Gasteiger partial charge in [-0.2, -0.15) is 23.5 Å². The van der Waals surface area contributed by atoms with Crippen molar-refractivity contribution in [3.63, 3.8) is 0 Å². The quantitative estimate of drug-likeness (QED) is 0.370. The number of hydrogen-bond acceptors (Lipinski definition) is 5. The summed E-state index contributed by atoms with van der Waals surface area (Å²) in [6.45, 7) is 4.47. The average molecular weight is 507 g/mol. The molecule has 4 aromatic rings. The SMILES string of the molecule is CC(=O)c1cnn(-c2ccc(C#N)cc2)c1-c1cn(-c2cccc(C(F)(F)F)c2)c(=O)n(C(C)C)c1=O. The zero-order chi connectivity index (χ0) is 27.1. The molecule has 0 unspecified atom stereocenters. The minimum absolute atomic E-state index is 0.0670. The van der Waals surface area contributed by atoms with E-state index in [1.807, 2.05) is 6.07 Å².